The Labute approximate surface area is 129 Å². The number of rotatable bonds is 3. The van der Waals surface area contributed by atoms with Crippen LogP contribution in [0.25, 0.3) is 0 Å². The lowest BCUT2D eigenvalue weighted by atomic mass is 9.57. The van der Waals surface area contributed by atoms with Gasteiger partial charge in [-0.05, 0) is 30.0 Å². The average molecular weight is 314 g/mol. The minimum Gasteiger partial charge on any atom is -0.463 e. The number of aliphatic hydroxyl groups excluding tert-OH is 1. The van der Waals surface area contributed by atoms with Crippen molar-refractivity contribution in [1.82, 2.24) is 0 Å². The van der Waals surface area contributed by atoms with Crippen LogP contribution in [0.5, 0.6) is 0 Å². The molecular weight excluding hydrogens is 284 g/mol. The van der Waals surface area contributed by atoms with E-state index in [1.54, 1.807) is 0 Å². The van der Waals surface area contributed by atoms with Crippen molar-refractivity contribution in [3.63, 3.8) is 0 Å². The Morgan fingerprint density at radius 3 is 2.33 bits per heavy atom. The zero-order valence-electron chi connectivity index (χ0n) is 14.4. The molecule has 4 atom stereocenters. The van der Waals surface area contributed by atoms with Gasteiger partial charge in [0.1, 0.15) is 6.61 Å². The molecule has 1 aliphatic carbocycles. The average Bonchev–Trinajstić information content (AvgIpc) is 2.65. The lowest BCUT2D eigenvalue weighted by Gasteiger charge is -2.51. The molecule has 0 amide bonds. The molecule has 4 nitrogen and oxygen atoms in total. The second-order valence-corrected chi connectivity index (χ2v) is 13.6. The van der Waals surface area contributed by atoms with Crippen molar-refractivity contribution in [2.75, 3.05) is 6.61 Å². The number of carbonyl (C=O) groups excluding carboxylic acids is 1. The zero-order valence-corrected chi connectivity index (χ0v) is 15.4. The van der Waals surface area contributed by atoms with Crippen LogP contribution in [0.3, 0.4) is 0 Å². The van der Waals surface area contributed by atoms with E-state index in [2.05, 4.69) is 33.9 Å². The SMILES string of the molecule is CC1(C)C[C@@H](C2C(=O)OC[C@H]2O[Si](C)(C)C(C)(C)C)[C@@H]1O. The molecule has 1 unspecified atom stereocenters. The van der Waals surface area contributed by atoms with Crippen molar-refractivity contribution in [1.29, 1.82) is 0 Å². The molecule has 0 aromatic carbocycles. The monoisotopic (exact) mass is 314 g/mol. The lowest BCUT2D eigenvalue weighted by Crippen LogP contribution is -2.56. The Hall–Kier alpha value is -0.393. The summed E-state index contributed by atoms with van der Waals surface area (Å²) in [6.45, 7) is 15.4. The van der Waals surface area contributed by atoms with Gasteiger partial charge in [-0.2, -0.15) is 0 Å². The Kier molecular flexibility index (Phi) is 4.09. The Bertz CT molecular complexity index is 424. The molecule has 0 aromatic rings. The number of hydrogen-bond acceptors (Lipinski definition) is 4. The third-order valence-electron chi connectivity index (χ3n) is 5.74. The van der Waals surface area contributed by atoms with Gasteiger partial charge in [-0.1, -0.05) is 34.6 Å². The van der Waals surface area contributed by atoms with E-state index < -0.39 is 14.4 Å². The molecule has 1 saturated heterocycles. The molecule has 0 bridgehead atoms. The third-order valence-corrected chi connectivity index (χ3v) is 10.2. The number of carbonyl (C=O) groups is 1. The maximum atomic E-state index is 12.1. The van der Waals surface area contributed by atoms with Crippen LogP contribution in [-0.4, -0.2) is 38.2 Å². The van der Waals surface area contributed by atoms with Gasteiger partial charge in [-0.15, -0.1) is 0 Å². The van der Waals surface area contributed by atoms with E-state index in [-0.39, 0.29) is 34.4 Å². The van der Waals surface area contributed by atoms with Crippen molar-refractivity contribution in [3.8, 4) is 0 Å². The van der Waals surface area contributed by atoms with Crippen molar-refractivity contribution < 1.29 is 19.1 Å². The molecule has 0 aromatic heterocycles. The molecule has 1 aliphatic heterocycles. The highest BCUT2D eigenvalue weighted by Gasteiger charge is 2.57. The summed E-state index contributed by atoms with van der Waals surface area (Å²) >= 11 is 0. The molecule has 2 aliphatic rings. The van der Waals surface area contributed by atoms with Gasteiger partial charge >= 0.3 is 5.97 Å². The highest BCUT2D eigenvalue weighted by molar-refractivity contribution is 6.74. The van der Waals surface area contributed by atoms with E-state index in [1.165, 1.54) is 0 Å². The van der Waals surface area contributed by atoms with Gasteiger partial charge in [0.05, 0.1) is 18.1 Å². The van der Waals surface area contributed by atoms with E-state index in [0.29, 0.717) is 6.61 Å². The molecule has 0 radical (unpaired) electrons. The Morgan fingerprint density at radius 2 is 1.90 bits per heavy atom. The van der Waals surface area contributed by atoms with E-state index in [4.69, 9.17) is 9.16 Å². The van der Waals surface area contributed by atoms with Crippen molar-refractivity contribution in [3.05, 3.63) is 0 Å². The largest absolute Gasteiger partial charge is 0.463 e. The van der Waals surface area contributed by atoms with Gasteiger partial charge in [-0.25, -0.2) is 0 Å². The standard InChI is InChI=1S/C16H30O4Si/c1-15(2,3)21(6,7)20-11-9-19-14(18)12(11)10-8-16(4,5)13(10)17/h10-13,17H,8-9H2,1-7H3/t10-,11+,12?,13-/m0/s1. The Morgan fingerprint density at radius 1 is 1.33 bits per heavy atom. The highest BCUT2D eigenvalue weighted by Crippen LogP contribution is 2.51. The molecule has 0 spiro atoms. The maximum absolute atomic E-state index is 12.1. The van der Waals surface area contributed by atoms with Crippen LogP contribution < -0.4 is 0 Å². The number of aliphatic hydroxyl groups is 1. The fourth-order valence-corrected chi connectivity index (χ4v) is 4.54. The summed E-state index contributed by atoms with van der Waals surface area (Å²) < 4.78 is 11.7. The fraction of sp³-hybridized carbons (Fsp3) is 0.938. The molecule has 1 saturated carbocycles. The zero-order chi connectivity index (χ0) is 16.2. The lowest BCUT2D eigenvalue weighted by molar-refractivity contribution is -0.159. The third kappa shape index (κ3) is 2.92. The van der Waals surface area contributed by atoms with Gasteiger partial charge in [-0.3, -0.25) is 4.79 Å². The molecule has 5 heteroatoms. The second-order valence-electron chi connectivity index (χ2n) is 8.87. The fourth-order valence-electron chi connectivity index (χ4n) is 3.21. The number of hydrogen-bond donors (Lipinski definition) is 1. The molecule has 1 N–H and O–H groups in total. The van der Waals surface area contributed by atoms with Crippen molar-refractivity contribution in [2.24, 2.45) is 17.3 Å². The van der Waals surface area contributed by atoms with Crippen molar-refractivity contribution in [2.45, 2.75) is 71.4 Å². The first-order valence-corrected chi connectivity index (χ1v) is 10.8. The van der Waals surface area contributed by atoms with Gasteiger partial charge in [0.15, 0.2) is 8.32 Å². The normalized spacial score (nSPS) is 36.3. The van der Waals surface area contributed by atoms with Crippen LogP contribution in [0.2, 0.25) is 18.1 Å². The van der Waals surface area contributed by atoms with Crippen LogP contribution in [0.1, 0.15) is 41.0 Å². The summed E-state index contributed by atoms with van der Waals surface area (Å²) in [5.41, 5.74) is -0.102. The molecule has 2 rings (SSSR count). The summed E-state index contributed by atoms with van der Waals surface area (Å²) in [5, 5.41) is 10.4. The smallest absolute Gasteiger partial charge is 0.312 e. The minimum absolute atomic E-state index is 0.0234. The first-order valence-electron chi connectivity index (χ1n) is 7.89. The summed E-state index contributed by atoms with van der Waals surface area (Å²) in [7, 11) is -1.95. The first-order chi connectivity index (χ1) is 9.37. The molecular formula is C16H30O4Si. The topological polar surface area (TPSA) is 55.8 Å². The number of ether oxygens (including phenoxy) is 1. The number of cyclic esters (lactones) is 1. The van der Waals surface area contributed by atoms with E-state index >= 15 is 0 Å². The predicted molar refractivity (Wildman–Crippen MR) is 84.4 cm³/mol. The van der Waals surface area contributed by atoms with Crippen LogP contribution in [0.15, 0.2) is 0 Å². The van der Waals surface area contributed by atoms with E-state index in [1.807, 2.05) is 13.8 Å². The second kappa shape index (κ2) is 5.07. The maximum Gasteiger partial charge on any atom is 0.312 e. The van der Waals surface area contributed by atoms with E-state index in [0.717, 1.165) is 6.42 Å². The van der Waals surface area contributed by atoms with Gasteiger partial charge in [0, 0.05) is 5.92 Å². The van der Waals surface area contributed by atoms with Crippen LogP contribution >= 0.6 is 0 Å². The summed E-state index contributed by atoms with van der Waals surface area (Å²) in [4.78, 5) is 12.1. The molecule has 2 fully saturated rings. The quantitative estimate of drug-likeness (QED) is 0.643. The predicted octanol–water partition coefficient (Wildman–Crippen LogP) is 2.96. The highest BCUT2D eigenvalue weighted by atomic mass is 28.4. The van der Waals surface area contributed by atoms with Crippen LogP contribution in [0, 0.1) is 17.3 Å². The number of esters is 1. The van der Waals surface area contributed by atoms with Gasteiger partial charge < -0.3 is 14.3 Å². The van der Waals surface area contributed by atoms with Gasteiger partial charge in [0.2, 0.25) is 0 Å². The summed E-state index contributed by atoms with van der Waals surface area (Å²) in [5.74, 6) is -0.523. The van der Waals surface area contributed by atoms with E-state index in [9.17, 15) is 9.90 Å². The Balaban J connectivity index is 2.12. The summed E-state index contributed by atoms with van der Waals surface area (Å²) in [6.07, 6.45) is 0.207. The molecule has 122 valence electrons. The molecule has 1 heterocycles. The van der Waals surface area contributed by atoms with Gasteiger partial charge in [0.25, 0.3) is 0 Å². The summed E-state index contributed by atoms with van der Waals surface area (Å²) in [6, 6.07) is 0. The van der Waals surface area contributed by atoms with Crippen LogP contribution in [-0.2, 0) is 14.0 Å². The first kappa shape index (κ1) is 17.0. The van der Waals surface area contributed by atoms with Crippen molar-refractivity contribution >= 4 is 14.3 Å². The minimum atomic E-state index is -1.95. The van der Waals surface area contributed by atoms with Crippen LogP contribution in [0.4, 0.5) is 0 Å². The molecule has 21 heavy (non-hydrogen) atoms.